The summed E-state index contributed by atoms with van der Waals surface area (Å²) in [5.41, 5.74) is 0.721. The van der Waals surface area contributed by atoms with E-state index in [0.29, 0.717) is 24.4 Å². The van der Waals surface area contributed by atoms with E-state index < -0.39 is 0 Å². The van der Waals surface area contributed by atoms with Crippen LogP contribution in [0.2, 0.25) is 0 Å². The maximum absolute atomic E-state index is 14.3. The Bertz CT molecular complexity index is 452. The summed E-state index contributed by atoms with van der Waals surface area (Å²) in [6.45, 7) is 7.11. The fourth-order valence-electron chi connectivity index (χ4n) is 3.02. The van der Waals surface area contributed by atoms with Crippen molar-refractivity contribution < 1.29 is 9.13 Å². The molecule has 1 heterocycles. The lowest BCUT2D eigenvalue weighted by molar-refractivity contribution is 0.190. The minimum absolute atomic E-state index is 0.226. The van der Waals surface area contributed by atoms with E-state index in [1.165, 1.54) is 20.0 Å². The van der Waals surface area contributed by atoms with Gasteiger partial charge in [-0.15, -0.1) is 0 Å². The Balaban J connectivity index is 2.11. The van der Waals surface area contributed by atoms with E-state index in [1.54, 1.807) is 6.07 Å². The topological polar surface area (TPSA) is 24.5 Å². The zero-order valence-corrected chi connectivity index (χ0v) is 13.4. The van der Waals surface area contributed by atoms with Crippen LogP contribution in [0, 0.1) is 5.82 Å². The molecule has 2 unspecified atom stereocenters. The van der Waals surface area contributed by atoms with E-state index in [-0.39, 0.29) is 5.82 Å². The molecule has 2 atom stereocenters. The number of halogens is 1. The Kier molecular flexibility index (Phi) is 6.00. The molecule has 1 aromatic rings. The summed E-state index contributed by atoms with van der Waals surface area (Å²) in [5.74, 6) is 0.106. The highest BCUT2D eigenvalue weighted by atomic mass is 19.1. The van der Waals surface area contributed by atoms with Crippen LogP contribution in [0.3, 0.4) is 0 Å². The van der Waals surface area contributed by atoms with Gasteiger partial charge in [-0.05, 0) is 32.4 Å². The molecule has 0 bridgehead atoms. The molecule has 1 saturated heterocycles. The Morgan fingerprint density at radius 2 is 2.24 bits per heavy atom. The molecule has 0 saturated carbocycles. The van der Waals surface area contributed by atoms with Crippen molar-refractivity contribution in [1.82, 2.24) is 10.2 Å². The van der Waals surface area contributed by atoms with Crippen molar-refractivity contribution in [1.29, 1.82) is 0 Å². The van der Waals surface area contributed by atoms with Gasteiger partial charge in [-0.1, -0.05) is 25.5 Å². The van der Waals surface area contributed by atoms with Gasteiger partial charge >= 0.3 is 0 Å². The Morgan fingerprint density at radius 3 is 2.95 bits per heavy atom. The molecule has 0 amide bonds. The third kappa shape index (κ3) is 4.17. The van der Waals surface area contributed by atoms with Crippen LogP contribution in [-0.2, 0) is 6.54 Å². The molecule has 0 aromatic heterocycles. The SMILES string of the molecule is CCCC1CN(Cc2cccc(OC)c2F)C(C)CCN1. The maximum Gasteiger partial charge on any atom is 0.169 e. The molecule has 1 aromatic carbocycles. The molecule has 1 N–H and O–H groups in total. The highest BCUT2D eigenvalue weighted by Gasteiger charge is 2.23. The lowest BCUT2D eigenvalue weighted by Gasteiger charge is -2.29. The first-order valence-corrected chi connectivity index (χ1v) is 7.94. The molecular weight excluding hydrogens is 267 g/mol. The van der Waals surface area contributed by atoms with Crippen LogP contribution in [0.25, 0.3) is 0 Å². The largest absolute Gasteiger partial charge is 0.494 e. The molecule has 1 aliphatic heterocycles. The third-order valence-corrected chi connectivity index (χ3v) is 4.35. The minimum atomic E-state index is -0.226. The molecule has 0 radical (unpaired) electrons. The molecule has 4 heteroatoms. The zero-order chi connectivity index (χ0) is 15.2. The lowest BCUT2D eigenvalue weighted by Crippen LogP contribution is -2.39. The Morgan fingerprint density at radius 1 is 1.43 bits per heavy atom. The van der Waals surface area contributed by atoms with Crippen LogP contribution in [-0.4, -0.2) is 37.2 Å². The number of hydrogen-bond donors (Lipinski definition) is 1. The van der Waals surface area contributed by atoms with Crippen LogP contribution < -0.4 is 10.1 Å². The molecular formula is C17H27FN2O. The summed E-state index contributed by atoms with van der Waals surface area (Å²) in [6, 6.07) is 6.37. The molecule has 0 spiro atoms. The molecule has 1 aliphatic rings. The predicted octanol–water partition coefficient (Wildman–Crippen LogP) is 3.19. The van der Waals surface area contributed by atoms with Crippen molar-refractivity contribution in [2.75, 3.05) is 20.2 Å². The number of nitrogens with zero attached hydrogens (tertiary/aromatic N) is 1. The van der Waals surface area contributed by atoms with Crippen LogP contribution in [0.15, 0.2) is 18.2 Å². The van der Waals surface area contributed by atoms with Gasteiger partial charge in [0, 0.05) is 30.7 Å². The monoisotopic (exact) mass is 294 g/mol. The van der Waals surface area contributed by atoms with Crippen molar-refractivity contribution in [3.05, 3.63) is 29.6 Å². The highest BCUT2D eigenvalue weighted by molar-refractivity contribution is 5.31. The first kappa shape index (κ1) is 16.2. The summed E-state index contributed by atoms with van der Waals surface area (Å²) in [5, 5.41) is 3.61. The lowest BCUT2D eigenvalue weighted by atomic mass is 10.1. The van der Waals surface area contributed by atoms with E-state index in [2.05, 4.69) is 24.1 Å². The van der Waals surface area contributed by atoms with Gasteiger partial charge in [0.05, 0.1) is 7.11 Å². The molecule has 118 valence electrons. The van der Waals surface area contributed by atoms with E-state index in [4.69, 9.17) is 4.74 Å². The van der Waals surface area contributed by atoms with E-state index in [0.717, 1.165) is 25.1 Å². The average molecular weight is 294 g/mol. The molecule has 1 fully saturated rings. The first-order valence-electron chi connectivity index (χ1n) is 7.94. The van der Waals surface area contributed by atoms with Gasteiger partial charge in [-0.2, -0.15) is 0 Å². The molecule has 21 heavy (non-hydrogen) atoms. The maximum atomic E-state index is 14.3. The van der Waals surface area contributed by atoms with Crippen molar-refractivity contribution in [2.24, 2.45) is 0 Å². The van der Waals surface area contributed by atoms with Gasteiger partial charge < -0.3 is 10.1 Å². The molecule has 0 aliphatic carbocycles. The number of hydrogen-bond acceptors (Lipinski definition) is 3. The normalized spacial score (nSPS) is 23.8. The third-order valence-electron chi connectivity index (χ3n) is 4.35. The van der Waals surface area contributed by atoms with Gasteiger partial charge in [0.15, 0.2) is 11.6 Å². The summed E-state index contributed by atoms with van der Waals surface area (Å²) < 4.78 is 19.4. The van der Waals surface area contributed by atoms with E-state index in [9.17, 15) is 4.39 Å². The summed E-state index contributed by atoms with van der Waals surface area (Å²) in [7, 11) is 1.51. The molecule has 2 rings (SSSR count). The first-order chi connectivity index (χ1) is 10.2. The molecule has 3 nitrogen and oxygen atoms in total. The minimum Gasteiger partial charge on any atom is -0.494 e. The number of nitrogens with one attached hydrogen (secondary N) is 1. The predicted molar refractivity (Wildman–Crippen MR) is 84.1 cm³/mol. The Hall–Kier alpha value is -1.13. The zero-order valence-electron chi connectivity index (χ0n) is 13.4. The highest BCUT2D eigenvalue weighted by Crippen LogP contribution is 2.23. The van der Waals surface area contributed by atoms with Gasteiger partial charge in [-0.3, -0.25) is 4.90 Å². The van der Waals surface area contributed by atoms with Crippen LogP contribution in [0.4, 0.5) is 4.39 Å². The van der Waals surface area contributed by atoms with E-state index in [1.807, 2.05) is 12.1 Å². The van der Waals surface area contributed by atoms with Crippen molar-refractivity contribution in [2.45, 2.75) is 51.7 Å². The van der Waals surface area contributed by atoms with Crippen molar-refractivity contribution in [3.8, 4) is 5.75 Å². The van der Waals surface area contributed by atoms with Gasteiger partial charge in [-0.25, -0.2) is 4.39 Å². The summed E-state index contributed by atoms with van der Waals surface area (Å²) in [6.07, 6.45) is 3.45. The van der Waals surface area contributed by atoms with E-state index >= 15 is 0 Å². The second-order valence-electron chi connectivity index (χ2n) is 5.94. The summed E-state index contributed by atoms with van der Waals surface area (Å²) in [4.78, 5) is 2.39. The Labute approximate surface area is 127 Å². The van der Waals surface area contributed by atoms with Gasteiger partial charge in [0.2, 0.25) is 0 Å². The van der Waals surface area contributed by atoms with Crippen LogP contribution in [0.1, 0.15) is 38.7 Å². The number of methoxy groups -OCH3 is 1. The van der Waals surface area contributed by atoms with Crippen LogP contribution in [0.5, 0.6) is 5.75 Å². The van der Waals surface area contributed by atoms with Crippen molar-refractivity contribution in [3.63, 3.8) is 0 Å². The van der Waals surface area contributed by atoms with Crippen molar-refractivity contribution >= 4 is 0 Å². The smallest absolute Gasteiger partial charge is 0.169 e. The number of benzene rings is 1. The summed E-state index contributed by atoms with van der Waals surface area (Å²) >= 11 is 0. The van der Waals surface area contributed by atoms with Gasteiger partial charge in [0.25, 0.3) is 0 Å². The number of rotatable bonds is 5. The average Bonchev–Trinajstić information content (AvgIpc) is 2.64. The standard InChI is InChI=1S/C17H27FN2O/c1-4-6-15-12-20(13(2)9-10-19-15)11-14-7-5-8-16(21-3)17(14)18/h5,7-8,13,15,19H,4,6,9-12H2,1-3H3. The van der Waals surface area contributed by atoms with Gasteiger partial charge in [0.1, 0.15) is 0 Å². The fraction of sp³-hybridized carbons (Fsp3) is 0.647. The fourth-order valence-corrected chi connectivity index (χ4v) is 3.02. The second kappa shape index (κ2) is 7.76. The quantitative estimate of drug-likeness (QED) is 0.902. The van der Waals surface area contributed by atoms with Crippen LogP contribution >= 0.6 is 0 Å². The second-order valence-corrected chi connectivity index (χ2v) is 5.94. The number of ether oxygens (including phenoxy) is 1.